The van der Waals surface area contributed by atoms with Crippen molar-refractivity contribution in [1.29, 1.82) is 0 Å². The highest BCUT2D eigenvalue weighted by atomic mass is 35.5. The Kier molecular flexibility index (Phi) is 5.44. The van der Waals surface area contributed by atoms with E-state index in [-0.39, 0.29) is 4.46 Å². The summed E-state index contributed by atoms with van der Waals surface area (Å²) in [5.41, 5.74) is 0. The zero-order valence-electron chi connectivity index (χ0n) is 9.93. The molecule has 0 aromatic rings. The van der Waals surface area contributed by atoms with Gasteiger partial charge < -0.3 is 4.43 Å². The largest absolute Gasteiger partial charge is 0.411 e. The van der Waals surface area contributed by atoms with Gasteiger partial charge in [-0.3, -0.25) is 0 Å². The smallest absolute Gasteiger partial charge is 0.220 e. The summed E-state index contributed by atoms with van der Waals surface area (Å²) in [6.45, 7) is 6.47. The molecule has 0 aromatic carbocycles. The van der Waals surface area contributed by atoms with Crippen molar-refractivity contribution >= 4 is 31.5 Å². The fraction of sp³-hybridized carbons (Fsp3) is 1.00. The minimum atomic E-state index is -1.90. The van der Waals surface area contributed by atoms with Crippen LogP contribution in [0.25, 0.3) is 0 Å². The van der Waals surface area contributed by atoms with Gasteiger partial charge in [0.05, 0.1) is 0 Å². The van der Waals surface area contributed by atoms with Gasteiger partial charge in [-0.05, 0) is 31.9 Å². The van der Waals surface area contributed by atoms with E-state index in [0.717, 1.165) is 5.92 Å². The van der Waals surface area contributed by atoms with Gasteiger partial charge in [0, 0.05) is 6.10 Å². The second-order valence-corrected chi connectivity index (χ2v) is 10.9. The maximum atomic E-state index is 6.22. The zero-order chi connectivity index (χ0) is 11.5. The van der Waals surface area contributed by atoms with Crippen LogP contribution in [0.3, 0.4) is 0 Å². The van der Waals surface area contributed by atoms with Crippen molar-refractivity contribution < 1.29 is 4.43 Å². The quantitative estimate of drug-likeness (QED) is 0.538. The van der Waals surface area contributed by atoms with E-state index < -0.39 is 8.32 Å². The van der Waals surface area contributed by atoms with Crippen LogP contribution in [0.15, 0.2) is 0 Å². The highest BCUT2D eigenvalue weighted by Gasteiger charge is 2.36. The Labute approximate surface area is 105 Å². The van der Waals surface area contributed by atoms with Gasteiger partial charge in [0.2, 0.25) is 8.32 Å². The fourth-order valence-electron chi connectivity index (χ4n) is 2.24. The van der Waals surface area contributed by atoms with E-state index >= 15 is 0 Å². The van der Waals surface area contributed by atoms with Crippen LogP contribution in [0.4, 0.5) is 0 Å². The molecule has 1 fully saturated rings. The Balaban J connectivity index is 2.54. The number of hydrogen-bond donors (Lipinski definition) is 0. The van der Waals surface area contributed by atoms with Gasteiger partial charge in [-0.2, -0.15) is 0 Å². The van der Waals surface area contributed by atoms with Crippen molar-refractivity contribution in [3.8, 4) is 0 Å². The first kappa shape index (κ1) is 13.8. The van der Waals surface area contributed by atoms with E-state index in [4.69, 9.17) is 27.6 Å². The molecule has 4 heteroatoms. The number of hydrogen-bond acceptors (Lipinski definition) is 1. The summed E-state index contributed by atoms with van der Waals surface area (Å²) in [5, 5.41) is 0. The Hall–Kier alpha value is 0.757. The van der Waals surface area contributed by atoms with Crippen molar-refractivity contribution in [3.05, 3.63) is 0 Å². The lowest BCUT2D eigenvalue weighted by molar-refractivity contribution is 0.0830. The lowest BCUT2D eigenvalue weighted by Crippen LogP contribution is -2.45. The molecule has 0 radical (unpaired) electrons. The molecule has 0 aliphatic heterocycles. The molecule has 1 rings (SSSR count). The van der Waals surface area contributed by atoms with Crippen LogP contribution < -0.4 is 0 Å². The Morgan fingerprint density at radius 2 is 1.87 bits per heavy atom. The standard InChI is InChI=1S/C11H22Cl2OSi/c1-4-9-7-5-6-8-10(9)14-15(2,3)11(12)13/h9-11H,4-8H2,1-3H3. The summed E-state index contributed by atoms with van der Waals surface area (Å²) < 4.78 is 5.90. The van der Waals surface area contributed by atoms with Gasteiger partial charge >= 0.3 is 0 Å². The second kappa shape index (κ2) is 5.90. The molecule has 0 amide bonds. The van der Waals surface area contributed by atoms with Gasteiger partial charge in [-0.15, -0.1) is 23.2 Å². The molecule has 1 aliphatic rings. The van der Waals surface area contributed by atoms with Crippen LogP contribution >= 0.6 is 23.2 Å². The van der Waals surface area contributed by atoms with Crippen LogP contribution in [0.2, 0.25) is 13.1 Å². The summed E-state index contributed by atoms with van der Waals surface area (Å²) in [6, 6.07) is 0. The van der Waals surface area contributed by atoms with Gasteiger partial charge in [-0.1, -0.05) is 26.2 Å². The molecule has 2 atom stereocenters. The Morgan fingerprint density at radius 1 is 1.27 bits per heavy atom. The van der Waals surface area contributed by atoms with Gasteiger partial charge in [0.25, 0.3) is 0 Å². The van der Waals surface area contributed by atoms with Crippen molar-refractivity contribution in [2.24, 2.45) is 5.92 Å². The van der Waals surface area contributed by atoms with Crippen molar-refractivity contribution in [3.63, 3.8) is 0 Å². The van der Waals surface area contributed by atoms with Crippen LogP contribution in [0.5, 0.6) is 0 Å². The molecule has 0 saturated heterocycles. The molecule has 2 unspecified atom stereocenters. The predicted molar refractivity (Wildman–Crippen MR) is 70.1 cm³/mol. The lowest BCUT2D eigenvalue weighted by Gasteiger charge is -2.37. The summed E-state index contributed by atoms with van der Waals surface area (Å²) in [6.07, 6.45) is 6.76. The van der Waals surface area contributed by atoms with Crippen LogP contribution in [-0.2, 0) is 4.43 Å². The molecule has 90 valence electrons. The fourth-order valence-corrected chi connectivity index (χ4v) is 3.74. The van der Waals surface area contributed by atoms with Crippen LogP contribution in [0, 0.1) is 5.92 Å². The van der Waals surface area contributed by atoms with Gasteiger partial charge in [-0.25, -0.2) is 0 Å². The van der Waals surface area contributed by atoms with E-state index in [9.17, 15) is 0 Å². The summed E-state index contributed by atoms with van der Waals surface area (Å²) in [7, 11) is -1.90. The first-order valence-corrected chi connectivity index (χ1v) is 9.79. The molecular formula is C11H22Cl2OSi. The number of halogens is 2. The van der Waals surface area contributed by atoms with Gasteiger partial charge in [0.15, 0.2) is 0 Å². The molecule has 0 heterocycles. The molecule has 15 heavy (non-hydrogen) atoms. The number of rotatable bonds is 4. The van der Waals surface area contributed by atoms with E-state index in [2.05, 4.69) is 20.0 Å². The van der Waals surface area contributed by atoms with E-state index in [1.54, 1.807) is 0 Å². The highest BCUT2D eigenvalue weighted by Crippen LogP contribution is 2.33. The third-order valence-corrected chi connectivity index (χ3v) is 8.46. The Bertz CT molecular complexity index is 197. The third-order valence-electron chi connectivity index (χ3n) is 3.34. The van der Waals surface area contributed by atoms with Crippen molar-refractivity contribution in [1.82, 2.24) is 0 Å². The molecule has 0 bridgehead atoms. The second-order valence-electron chi connectivity index (χ2n) is 5.01. The van der Waals surface area contributed by atoms with E-state index in [1.165, 1.54) is 32.1 Å². The van der Waals surface area contributed by atoms with E-state index in [1.807, 2.05) is 0 Å². The molecule has 1 saturated carbocycles. The van der Waals surface area contributed by atoms with Crippen LogP contribution in [0.1, 0.15) is 39.0 Å². The Morgan fingerprint density at radius 3 is 2.40 bits per heavy atom. The van der Waals surface area contributed by atoms with Crippen molar-refractivity contribution in [2.45, 2.75) is 62.7 Å². The first-order valence-electron chi connectivity index (χ1n) is 5.93. The predicted octanol–water partition coefficient (Wildman–Crippen LogP) is 4.52. The maximum absolute atomic E-state index is 6.22. The average Bonchev–Trinajstić information content (AvgIpc) is 2.18. The highest BCUT2D eigenvalue weighted by molar-refractivity contribution is 6.88. The minimum Gasteiger partial charge on any atom is -0.411 e. The van der Waals surface area contributed by atoms with Crippen LogP contribution in [-0.4, -0.2) is 18.9 Å². The van der Waals surface area contributed by atoms with Gasteiger partial charge in [0.1, 0.15) is 4.46 Å². The van der Waals surface area contributed by atoms with Crippen molar-refractivity contribution in [2.75, 3.05) is 0 Å². The minimum absolute atomic E-state index is 0.322. The zero-order valence-corrected chi connectivity index (χ0v) is 12.4. The summed E-state index contributed by atoms with van der Waals surface area (Å²) >= 11 is 12.0. The molecule has 1 aliphatic carbocycles. The average molecular weight is 269 g/mol. The molecule has 0 spiro atoms. The lowest BCUT2D eigenvalue weighted by atomic mass is 9.85. The SMILES string of the molecule is CCC1CCCCC1O[Si](C)(C)C(Cl)Cl. The molecular weight excluding hydrogens is 247 g/mol. The summed E-state index contributed by atoms with van der Waals surface area (Å²) in [4.78, 5) is 0. The summed E-state index contributed by atoms with van der Waals surface area (Å²) in [5.74, 6) is 0.720. The molecule has 1 nitrogen and oxygen atoms in total. The molecule has 0 aromatic heterocycles. The molecule has 0 N–H and O–H groups in total. The number of alkyl halides is 2. The monoisotopic (exact) mass is 268 g/mol. The normalized spacial score (nSPS) is 28.4. The topological polar surface area (TPSA) is 9.23 Å². The third kappa shape index (κ3) is 3.92. The first-order chi connectivity index (χ1) is 6.97. The van der Waals surface area contributed by atoms with E-state index in [0.29, 0.717) is 6.10 Å². The maximum Gasteiger partial charge on any atom is 0.220 e.